The molecule has 3 rings (SSSR count). The first kappa shape index (κ1) is 16.1. The van der Waals surface area contributed by atoms with Crippen LogP contribution in [0.3, 0.4) is 0 Å². The van der Waals surface area contributed by atoms with Crippen LogP contribution in [0.15, 0.2) is 24.3 Å². The second-order valence-electron chi connectivity index (χ2n) is 6.80. The predicted octanol–water partition coefficient (Wildman–Crippen LogP) is 3.10. The summed E-state index contributed by atoms with van der Waals surface area (Å²) in [5.74, 6) is 0. The van der Waals surface area contributed by atoms with Crippen LogP contribution in [0.5, 0.6) is 0 Å². The van der Waals surface area contributed by atoms with E-state index in [-0.39, 0.29) is 6.03 Å². The fraction of sp³-hybridized carbons (Fsp3) is 0.611. The number of hydrogen-bond acceptors (Lipinski definition) is 3. The first-order chi connectivity index (χ1) is 11.2. The number of aliphatic hydroxyl groups is 1. The van der Waals surface area contributed by atoms with E-state index in [0.29, 0.717) is 6.54 Å². The van der Waals surface area contributed by atoms with Crippen molar-refractivity contribution in [1.82, 2.24) is 5.32 Å². The molecule has 1 saturated carbocycles. The highest BCUT2D eigenvalue weighted by Gasteiger charge is 2.29. The number of nitrogens with zero attached hydrogens (tertiary/aromatic N) is 1. The summed E-state index contributed by atoms with van der Waals surface area (Å²) in [7, 11) is 0. The number of urea groups is 1. The lowest BCUT2D eigenvalue weighted by atomic mass is 9.85. The van der Waals surface area contributed by atoms with Crippen molar-refractivity contribution in [2.24, 2.45) is 0 Å². The largest absolute Gasteiger partial charge is 0.388 e. The zero-order valence-corrected chi connectivity index (χ0v) is 13.7. The van der Waals surface area contributed by atoms with Gasteiger partial charge in [0.15, 0.2) is 0 Å². The SMILES string of the molecule is O=C(NCC1(O)CCCCC1)Nc1ccccc1N1CCCC1. The van der Waals surface area contributed by atoms with Gasteiger partial charge in [-0.15, -0.1) is 0 Å². The van der Waals surface area contributed by atoms with E-state index < -0.39 is 5.60 Å². The molecule has 0 atom stereocenters. The Morgan fingerprint density at radius 1 is 1.09 bits per heavy atom. The summed E-state index contributed by atoms with van der Waals surface area (Å²) in [6, 6.07) is 7.68. The molecule has 1 saturated heterocycles. The van der Waals surface area contributed by atoms with Crippen molar-refractivity contribution < 1.29 is 9.90 Å². The Hall–Kier alpha value is -1.75. The average Bonchev–Trinajstić information content (AvgIpc) is 3.09. The molecule has 5 heteroatoms. The number of benzene rings is 1. The fourth-order valence-electron chi connectivity index (χ4n) is 3.61. The maximum Gasteiger partial charge on any atom is 0.319 e. The van der Waals surface area contributed by atoms with Crippen LogP contribution in [0.2, 0.25) is 0 Å². The number of nitrogens with one attached hydrogen (secondary N) is 2. The smallest absolute Gasteiger partial charge is 0.319 e. The standard InChI is InChI=1S/C18H27N3O2/c22-17(19-14-18(23)10-4-1-5-11-18)20-15-8-2-3-9-16(15)21-12-6-7-13-21/h2-3,8-9,23H,1,4-7,10-14H2,(H2,19,20,22). The van der Waals surface area contributed by atoms with E-state index in [0.717, 1.165) is 50.1 Å². The van der Waals surface area contributed by atoms with Gasteiger partial charge in [-0.05, 0) is 37.8 Å². The van der Waals surface area contributed by atoms with Gasteiger partial charge in [0.2, 0.25) is 0 Å². The molecule has 0 aromatic heterocycles. The van der Waals surface area contributed by atoms with Crippen LogP contribution in [0, 0.1) is 0 Å². The molecule has 1 heterocycles. The third-order valence-corrected chi connectivity index (χ3v) is 4.96. The normalized spacial score (nSPS) is 20.3. The van der Waals surface area contributed by atoms with Crippen molar-refractivity contribution >= 4 is 17.4 Å². The molecule has 2 aliphatic rings. The second-order valence-corrected chi connectivity index (χ2v) is 6.80. The molecule has 0 bridgehead atoms. The number of para-hydroxylation sites is 2. The molecule has 0 radical (unpaired) electrons. The summed E-state index contributed by atoms with van der Waals surface area (Å²) in [4.78, 5) is 14.5. The zero-order valence-electron chi connectivity index (χ0n) is 13.7. The van der Waals surface area contributed by atoms with Gasteiger partial charge in [0.25, 0.3) is 0 Å². The van der Waals surface area contributed by atoms with Crippen LogP contribution < -0.4 is 15.5 Å². The Labute approximate surface area is 138 Å². The Balaban J connectivity index is 1.57. The molecule has 5 nitrogen and oxygen atoms in total. The number of carbonyl (C=O) groups is 1. The number of amides is 2. The lowest BCUT2D eigenvalue weighted by Crippen LogP contribution is -2.45. The minimum atomic E-state index is -0.732. The third kappa shape index (κ3) is 4.16. The van der Waals surface area contributed by atoms with Gasteiger partial charge in [-0.3, -0.25) is 0 Å². The number of hydrogen-bond donors (Lipinski definition) is 3. The molecule has 0 unspecified atom stereocenters. The van der Waals surface area contributed by atoms with E-state index in [1.807, 2.05) is 18.2 Å². The highest BCUT2D eigenvalue weighted by Crippen LogP contribution is 2.29. The van der Waals surface area contributed by atoms with Gasteiger partial charge in [-0.1, -0.05) is 31.4 Å². The van der Waals surface area contributed by atoms with Gasteiger partial charge >= 0.3 is 6.03 Å². The van der Waals surface area contributed by atoms with Crippen molar-refractivity contribution in [1.29, 1.82) is 0 Å². The average molecular weight is 317 g/mol. The van der Waals surface area contributed by atoms with E-state index in [1.165, 1.54) is 19.3 Å². The maximum absolute atomic E-state index is 12.2. The third-order valence-electron chi connectivity index (χ3n) is 4.96. The fourth-order valence-corrected chi connectivity index (χ4v) is 3.61. The van der Waals surface area contributed by atoms with Crippen LogP contribution in [0.1, 0.15) is 44.9 Å². The van der Waals surface area contributed by atoms with Gasteiger partial charge in [0.05, 0.1) is 17.0 Å². The van der Waals surface area contributed by atoms with Crippen molar-refractivity contribution in [3.63, 3.8) is 0 Å². The van der Waals surface area contributed by atoms with Gasteiger partial charge in [0.1, 0.15) is 0 Å². The van der Waals surface area contributed by atoms with Crippen LogP contribution in [0.25, 0.3) is 0 Å². The maximum atomic E-state index is 12.2. The van der Waals surface area contributed by atoms with Crippen LogP contribution in [-0.2, 0) is 0 Å². The molecular weight excluding hydrogens is 290 g/mol. The second kappa shape index (κ2) is 7.21. The molecule has 3 N–H and O–H groups in total. The van der Waals surface area contributed by atoms with Crippen LogP contribution in [-0.4, -0.2) is 36.4 Å². The minimum absolute atomic E-state index is 0.240. The van der Waals surface area contributed by atoms with Crippen molar-refractivity contribution in [2.45, 2.75) is 50.5 Å². The first-order valence-electron chi connectivity index (χ1n) is 8.78. The summed E-state index contributed by atoms with van der Waals surface area (Å²) >= 11 is 0. The molecule has 1 aliphatic heterocycles. The monoisotopic (exact) mass is 317 g/mol. The summed E-state index contributed by atoms with van der Waals surface area (Å²) in [6.07, 6.45) is 7.21. The zero-order chi connectivity index (χ0) is 16.1. The van der Waals surface area contributed by atoms with Crippen molar-refractivity contribution in [2.75, 3.05) is 29.9 Å². The van der Waals surface area contributed by atoms with Gasteiger partial charge in [-0.2, -0.15) is 0 Å². The van der Waals surface area contributed by atoms with E-state index in [1.54, 1.807) is 0 Å². The highest BCUT2D eigenvalue weighted by molar-refractivity contribution is 5.93. The van der Waals surface area contributed by atoms with E-state index in [9.17, 15) is 9.90 Å². The molecule has 2 amide bonds. The Bertz CT molecular complexity index is 535. The quantitative estimate of drug-likeness (QED) is 0.799. The van der Waals surface area contributed by atoms with Gasteiger partial charge in [0, 0.05) is 19.6 Å². The number of rotatable bonds is 4. The molecule has 23 heavy (non-hydrogen) atoms. The van der Waals surface area contributed by atoms with Gasteiger partial charge < -0.3 is 20.6 Å². The lowest BCUT2D eigenvalue weighted by Gasteiger charge is -2.32. The highest BCUT2D eigenvalue weighted by atomic mass is 16.3. The molecule has 126 valence electrons. The van der Waals surface area contributed by atoms with E-state index in [2.05, 4.69) is 21.6 Å². The van der Waals surface area contributed by atoms with Crippen LogP contribution in [0.4, 0.5) is 16.2 Å². The molecule has 1 aliphatic carbocycles. The number of anilines is 2. The minimum Gasteiger partial charge on any atom is -0.388 e. The van der Waals surface area contributed by atoms with E-state index >= 15 is 0 Å². The molecular formula is C18H27N3O2. The van der Waals surface area contributed by atoms with Crippen molar-refractivity contribution in [3.8, 4) is 0 Å². The molecule has 2 fully saturated rings. The van der Waals surface area contributed by atoms with E-state index in [4.69, 9.17) is 0 Å². The molecule has 0 spiro atoms. The topological polar surface area (TPSA) is 64.6 Å². The Morgan fingerprint density at radius 2 is 1.78 bits per heavy atom. The van der Waals surface area contributed by atoms with Gasteiger partial charge in [-0.25, -0.2) is 4.79 Å². The molecule has 1 aromatic carbocycles. The predicted molar refractivity (Wildman–Crippen MR) is 92.9 cm³/mol. The summed E-state index contributed by atoms with van der Waals surface area (Å²) in [6.45, 7) is 2.41. The number of carbonyl (C=O) groups excluding carboxylic acids is 1. The summed E-state index contributed by atoms with van der Waals surface area (Å²) < 4.78 is 0. The lowest BCUT2D eigenvalue weighted by molar-refractivity contribution is 0.00755. The Morgan fingerprint density at radius 3 is 2.52 bits per heavy atom. The van der Waals surface area contributed by atoms with Crippen molar-refractivity contribution in [3.05, 3.63) is 24.3 Å². The molecule has 1 aromatic rings. The van der Waals surface area contributed by atoms with Crippen LogP contribution >= 0.6 is 0 Å². The summed E-state index contributed by atoms with van der Waals surface area (Å²) in [5, 5.41) is 16.2. The first-order valence-corrected chi connectivity index (χ1v) is 8.78. The summed E-state index contributed by atoms with van der Waals surface area (Å²) in [5.41, 5.74) is 1.18. The Kier molecular flexibility index (Phi) is 5.06.